The van der Waals surface area contributed by atoms with Crippen LogP contribution >= 0.6 is 27.3 Å². The smallest absolute Gasteiger partial charge is 0.150 e. The summed E-state index contributed by atoms with van der Waals surface area (Å²) in [6.07, 6.45) is 3.56. The molecule has 0 spiro atoms. The third kappa shape index (κ3) is 2.25. The maximum atomic E-state index is 6.07. The molecule has 0 bridgehead atoms. The molecule has 0 aliphatic carbocycles. The van der Waals surface area contributed by atoms with E-state index in [-0.39, 0.29) is 6.04 Å². The Labute approximate surface area is 101 Å². The van der Waals surface area contributed by atoms with Crippen LogP contribution in [0.25, 0.3) is 0 Å². The maximum Gasteiger partial charge on any atom is 0.150 e. The minimum absolute atomic E-state index is 0.250. The monoisotopic (exact) mass is 283 g/mol. The first-order valence-corrected chi connectivity index (χ1v) is 6.13. The van der Waals surface area contributed by atoms with Gasteiger partial charge in [0.05, 0.1) is 0 Å². The van der Waals surface area contributed by atoms with E-state index in [1.54, 1.807) is 23.7 Å². The molecule has 2 heterocycles. The highest BCUT2D eigenvalue weighted by molar-refractivity contribution is 9.10. The SMILES string of the molecule is Cc1cnc(C(N)c2sccc2Br)nc1. The lowest BCUT2D eigenvalue weighted by Gasteiger charge is -2.08. The normalized spacial score (nSPS) is 12.7. The van der Waals surface area contributed by atoms with Gasteiger partial charge in [0.2, 0.25) is 0 Å². The summed E-state index contributed by atoms with van der Waals surface area (Å²) in [6, 6.07) is 1.73. The summed E-state index contributed by atoms with van der Waals surface area (Å²) in [5.74, 6) is 0.656. The number of hydrogen-bond acceptors (Lipinski definition) is 4. The zero-order valence-corrected chi connectivity index (χ0v) is 10.5. The summed E-state index contributed by atoms with van der Waals surface area (Å²) in [6.45, 7) is 1.95. The van der Waals surface area contributed by atoms with Crippen LogP contribution in [0.5, 0.6) is 0 Å². The molecule has 3 nitrogen and oxygen atoms in total. The third-order valence-electron chi connectivity index (χ3n) is 2.01. The second-order valence-corrected chi connectivity index (χ2v) is 5.03. The van der Waals surface area contributed by atoms with Crippen molar-refractivity contribution in [1.82, 2.24) is 9.97 Å². The van der Waals surface area contributed by atoms with Crippen molar-refractivity contribution >= 4 is 27.3 Å². The van der Waals surface area contributed by atoms with Crippen molar-refractivity contribution in [3.8, 4) is 0 Å². The minimum atomic E-state index is -0.250. The summed E-state index contributed by atoms with van der Waals surface area (Å²) in [5, 5.41) is 1.99. The van der Waals surface area contributed by atoms with Gasteiger partial charge in [-0.25, -0.2) is 9.97 Å². The Hall–Kier alpha value is -0.780. The van der Waals surface area contributed by atoms with Crippen LogP contribution in [0.15, 0.2) is 28.3 Å². The predicted molar refractivity (Wildman–Crippen MR) is 64.8 cm³/mol. The van der Waals surface area contributed by atoms with Gasteiger partial charge in [0, 0.05) is 21.7 Å². The van der Waals surface area contributed by atoms with Crippen LogP contribution < -0.4 is 5.73 Å². The molecular formula is C10H10BrN3S. The van der Waals surface area contributed by atoms with Gasteiger partial charge in [-0.2, -0.15) is 0 Å². The molecule has 78 valence electrons. The van der Waals surface area contributed by atoms with Crippen LogP contribution in [-0.4, -0.2) is 9.97 Å². The molecule has 2 rings (SSSR count). The zero-order chi connectivity index (χ0) is 10.8. The number of nitrogens with two attached hydrogens (primary N) is 1. The fourth-order valence-corrected chi connectivity index (χ4v) is 2.83. The summed E-state index contributed by atoms with van der Waals surface area (Å²) < 4.78 is 1.02. The average molecular weight is 284 g/mol. The van der Waals surface area contributed by atoms with Crippen molar-refractivity contribution in [3.05, 3.63) is 44.6 Å². The van der Waals surface area contributed by atoms with Gasteiger partial charge < -0.3 is 5.73 Å². The summed E-state index contributed by atoms with van der Waals surface area (Å²) in [4.78, 5) is 9.50. The van der Waals surface area contributed by atoms with Crippen LogP contribution in [0.3, 0.4) is 0 Å². The Morgan fingerprint density at radius 2 is 2.07 bits per heavy atom. The molecule has 0 saturated carbocycles. The fraction of sp³-hybridized carbons (Fsp3) is 0.200. The van der Waals surface area contributed by atoms with Crippen LogP contribution in [0, 0.1) is 6.92 Å². The molecule has 0 aliphatic heterocycles. The number of nitrogens with zero attached hydrogens (tertiary/aromatic N) is 2. The Bertz CT molecular complexity index is 452. The van der Waals surface area contributed by atoms with Gasteiger partial charge in [-0.3, -0.25) is 0 Å². The van der Waals surface area contributed by atoms with Crippen LogP contribution in [0.1, 0.15) is 22.3 Å². The second kappa shape index (κ2) is 4.38. The predicted octanol–water partition coefficient (Wildman–Crippen LogP) is 2.66. The van der Waals surface area contributed by atoms with Crippen molar-refractivity contribution in [2.24, 2.45) is 5.73 Å². The van der Waals surface area contributed by atoms with Gasteiger partial charge >= 0.3 is 0 Å². The van der Waals surface area contributed by atoms with E-state index < -0.39 is 0 Å². The third-order valence-corrected chi connectivity index (χ3v) is 3.96. The molecule has 0 fully saturated rings. The Balaban J connectivity index is 2.32. The molecule has 2 aromatic rings. The molecule has 2 aromatic heterocycles. The summed E-state index contributed by atoms with van der Waals surface area (Å²) in [5.41, 5.74) is 7.11. The maximum absolute atomic E-state index is 6.07. The van der Waals surface area contributed by atoms with Crippen molar-refractivity contribution in [1.29, 1.82) is 0 Å². The molecule has 5 heteroatoms. The van der Waals surface area contributed by atoms with E-state index in [1.165, 1.54) is 0 Å². The molecule has 1 unspecified atom stereocenters. The standard InChI is InChI=1S/C10H10BrN3S/c1-6-4-13-10(14-5-6)8(12)9-7(11)2-3-15-9/h2-5,8H,12H2,1H3. The average Bonchev–Trinajstić information content (AvgIpc) is 2.65. The number of halogens is 1. The Kier molecular flexibility index (Phi) is 3.14. The first kappa shape index (κ1) is 10.7. The molecule has 0 amide bonds. The Morgan fingerprint density at radius 3 is 2.60 bits per heavy atom. The molecule has 0 radical (unpaired) electrons. The summed E-state index contributed by atoms with van der Waals surface area (Å²) >= 11 is 5.06. The molecule has 15 heavy (non-hydrogen) atoms. The van der Waals surface area contributed by atoms with E-state index in [0.29, 0.717) is 5.82 Å². The van der Waals surface area contributed by atoms with Crippen molar-refractivity contribution in [2.75, 3.05) is 0 Å². The molecule has 0 aliphatic rings. The zero-order valence-electron chi connectivity index (χ0n) is 8.14. The first-order valence-electron chi connectivity index (χ1n) is 4.45. The highest BCUT2D eigenvalue weighted by atomic mass is 79.9. The Morgan fingerprint density at radius 1 is 1.40 bits per heavy atom. The van der Waals surface area contributed by atoms with E-state index >= 15 is 0 Å². The first-order chi connectivity index (χ1) is 7.18. The highest BCUT2D eigenvalue weighted by Crippen LogP contribution is 2.29. The minimum Gasteiger partial charge on any atom is -0.317 e. The van der Waals surface area contributed by atoms with Gasteiger partial charge in [-0.05, 0) is 39.9 Å². The topological polar surface area (TPSA) is 51.8 Å². The lowest BCUT2D eigenvalue weighted by Crippen LogP contribution is -2.14. The van der Waals surface area contributed by atoms with Crippen molar-refractivity contribution in [3.63, 3.8) is 0 Å². The van der Waals surface area contributed by atoms with Gasteiger partial charge in [-0.15, -0.1) is 11.3 Å². The number of aryl methyl sites for hydroxylation is 1. The highest BCUT2D eigenvalue weighted by Gasteiger charge is 2.15. The lowest BCUT2D eigenvalue weighted by atomic mass is 10.2. The second-order valence-electron chi connectivity index (χ2n) is 3.23. The molecule has 0 saturated heterocycles. The van der Waals surface area contributed by atoms with E-state index in [0.717, 1.165) is 14.9 Å². The van der Waals surface area contributed by atoms with E-state index in [1.807, 2.05) is 18.4 Å². The van der Waals surface area contributed by atoms with Crippen molar-refractivity contribution in [2.45, 2.75) is 13.0 Å². The fourth-order valence-electron chi connectivity index (χ4n) is 1.21. The van der Waals surface area contributed by atoms with Gasteiger partial charge in [0.25, 0.3) is 0 Å². The lowest BCUT2D eigenvalue weighted by molar-refractivity contribution is 0.788. The molecule has 2 N–H and O–H groups in total. The van der Waals surface area contributed by atoms with E-state index in [2.05, 4.69) is 25.9 Å². The van der Waals surface area contributed by atoms with Gasteiger partial charge in [0.1, 0.15) is 11.9 Å². The quantitative estimate of drug-likeness (QED) is 0.922. The van der Waals surface area contributed by atoms with Crippen LogP contribution in [0.2, 0.25) is 0 Å². The van der Waals surface area contributed by atoms with Gasteiger partial charge in [0.15, 0.2) is 0 Å². The van der Waals surface area contributed by atoms with Crippen LogP contribution in [-0.2, 0) is 0 Å². The van der Waals surface area contributed by atoms with Crippen LogP contribution in [0.4, 0.5) is 0 Å². The molecule has 0 aromatic carbocycles. The van der Waals surface area contributed by atoms with Crippen molar-refractivity contribution < 1.29 is 0 Å². The number of hydrogen-bond donors (Lipinski definition) is 1. The van der Waals surface area contributed by atoms with Gasteiger partial charge in [-0.1, -0.05) is 0 Å². The van der Waals surface area contributed by atoms with E-state index in [9.17, 15) is 0 Å². The number of rotatable bonds is 2. The largest absolute Gasteiger partial charge is 0.317 e. The molecular weight excluding hydrogens is 274 g/mol. The number of thiophene rings is 1. The molecule has 1 atom stereocenters. The number of aromatic nitrogens is 2. The van der Waals surface area contributed by atoms with E-state index in [4.69, 9.17) is 5.73 Å². The summed E-state index contributed by atoms with van der Waals surface area (Å²) in [7, 11) is 0.